The van der Waals surface area contributed by atoms with E-state index in [-0.39, 0.29) is 11.9 Å². The highest BCUT2D eigenvalue weighted by atomic mass is 16.6. The third-order valence-electron chi connectivity index (χ3n) is 6.24. The molecule has 0 aliphatic carbocycles. The molecule has 4 rings (SSSR count). The van der Waals surface area contributed by atoms with Gasteiger partial charge in [0.15, 0.2) is 18.0 Å². The zero-order valence-electron chi connectivity index (χ0n) is 18.2. The van der Waals surface area contributed by atoms with Crippen LogP contribution in [0.15, 0.2) is 36.4 Å². The van der Waals surface area contributed by atoms with Crippen molar-refractivity contribution >= 4 is 11.6 Å². The number of carbonyl (C=O) groups excluding carboxylic acids is 1. The Morgan fingerprint density at radius 2 is 1.83 bits per heavy atom. The number of nitrogens with one attached hydrogen (secondary N) is 2. The summed E-state index contributed by atoms with van der Waals surface area (Å²) in [5, 5.41) is 3.14. The van der Waals surface area contributed by atoms with Crippen molar-refractivity contribution in [1.82, 2.24) is 5.32 Å². The summed E-state index contributed by atoms with van der Waals surface area (Å²) in [4.78, 5) is 16.4. The maximum Gasteiger partial charge on any atom is 0.275 e. The first-order valence-electron chi connectivity index (χ1n) is 10.8. The number of piperazine rings is 1. The fraction of sp³-hybridized carbons (Fsp3) is 0.458. The lowest BCUT2D eigenvalue weighted by atomic mass is 10.1. The van der Waals surface area contributed by atoms with Crippen LogP contribution in [-0.2, 0) is 4.79 Å². The SMILES string of the molecule is Cc1cccc(N2CC[NH+](CC(=O)N[C@@H](C)c3ccc4c(c3)OCCO4)CC2)c1C. The van der Waals surface area contributed by atoms with Gasteiger partial charge in [0.1, 0.15) is 13.2 Å². The molecule has 0 radical (unpaired) electrons. The molecule has 0 aromatic heterocycles. The van der Waals surface area contributed by atoms with Gasteiger partial charge in [-0.2, -0.15) is 0 Å². The molecule has 1 atom stereocenters. The number of benzene rings is 2. The summed E-state index contributed by atoms with van der Waals surface area (Å²) in [5.74, 6) is 1.62. The average Bonchev–Trinajstić information content (AvgIpc) is 2.76. The summed E-state index contributed by atoms with van der Waals surface area (Å²) < 4.78 is 11.2. The zero-order chi connectivity index (χ0) is 21.1. The molecule has 1 saturated heterocycles. The van der Waals surface area contributed by atoms with Gasteiger partial charge in [0.2, 0.25) is 0 Å². The second-order valence-corrected chi connectivity index (χ2v) is 8.33. The van der Waals surface area contributed by atoms with Gasteiger partial charge in [0.25, 0.3) is 5.91 Å². The number of quaternary nitrogens is 1. The Morgan fingerprint density at radius 3 is 2.60 bits per heavy atom. The van der Waals surface area contributed by atoms with Crippen LogP contribution in [0, 0.1) is 13.8 Å². The molecule has 2 heterocycles. The summed E-state index contributed by atoms with van der Waals surface area (Å²) in [5.41, 5.74) is 5.04. The average molecular weight is 411 g/mol. The highest BCUT2D eigenvalue weighted by Gasteiger charge is 2.24. The molecule has 2 N–H and O–H groups in total. The third-order valence-corrected chi connectivity index (χ3v) is 6.24. The Bertz CT molecular complexity index is 907. The van der Waals surface area contributed by atoms with E-state index in [1.807, 2.05) is 25.1 Å². The molecule has 30 heavy (non-hydrogen) atoms. The topological polar surface area (TPSA) is 55.2 Å². The first-order chi connectivity index (χ1) is 14.5. The Labute approximate surface area is 178 Å². The predicted molar refractivity (Wildman–Crippen MR) is 118 cm³/mol. The number of nitrogens with zero attached hydrogens (tertiary/aromatic N) is 1. The molecule has 2 aliphatic rings. The van der Waals surface area contributed by atoms with Gasteiger partial charge in [0.05, 0.1) is 32.2 Å². The van der Waals surface area contributed by atoms with Crippen molar-refractivity contribution in [3.63, 3.8) is 0 Å². The smallest absolute Gasteiger partial charge is 0.275 e. The molecular formula is C24H32N3O3+. The highest BCUT2D eigenvalue weighted by Crippen LogP contribution is 2.32. The van der Waals surface area contributed by atoms with Crippen LogP contribution in [0.2, 0.25) is 0 Å². The highest BCUT2D eigenvalue weighted by molar-refractivity contribution is 5.77. The van der Waals surface area contributed by atoms with Gasteiger partial charge in [-0.25, -0.2) is 0 Å². The van der Waals surface area contributed by atoms with Crippen molar-refractivity contribution < 1.29 is 19.2 Å². The van der Waals surface area contributed by atoms with Gasteiger partial charge in [-0.3, -0.25) is 4.79 Å². The molecule has 2 aromatic rings. The Morgan fingerprint density at radius 1 is 1.10 bits per heavy atom. The standard InChI is InChI=1S/C24H31N3O3/c1-17-5-4-6-21(18(17)2)27-11-9-26(10-12-27)16-24(28)25-19(3)20-7-8-22-23(15-20)30-14-13-29-22/h4-8,15,19H,9-14,16H2,1-3H3,(H,25,28)/p+1/t19-/m0/s1. The van der Waals surface area contributed by atoms with Crippen LogP contribution in [-0.4, -0.2) is 51.8 Å². The van der Waals surface area contributed by atoms with Crippen molar-refractivity contribution in [3.8, 4) is 11.5 Å². The van der Waals surface area contributed by atoms with Crippen LogP contribution in [0.5, 0.6) is 11.5 Å². The van der Waals surface area contributed by atoms with E-state index >= 15 is 0 Å². The minimum absolute atomic E-state index is 0.0658. The molecular weight excluding hydrogens is 378 g/mol. The number of amides is 1. The lowest BCUT2D eigenvalue weighted by Gasteiger charge is -2.34. The summed E-state index contributed by atoms with van der Waals surface area (Å²) in [6.45, 7) is 11.9. The number of hydrogen-bond donors (Lipinski definition) is 2. The lowest BCUT2D eigenvalue weighted by Crippen LogP contribution is -3.16. The second-order valence-electron chi connectivity index (χ2n) is 8.33. The van der Waals surface area contributed by atoms with Gasteiger partial charge in [-0.05, 0) is 55.7 Å². The first kappa shape index (κ1) is 20.5. The van der Waals surface area contributed by atoms with Crippen molar-refractivity contribution in [2.75, 3.05) is 50.8 Å². The van der Waals surface area contributed by atoms with Gasteiger partial charge in [-0.15, -0.1) is 0 Å². The fourth-order valence-corrected chi connectivity index (χ4v) is 4.25. The summed E-state index contributed by atoms with van der Waals surface area (Å²) in [7, 11) is 0. The quantitative estimate of drug-likeness (QED) is 0.787. The van der Waals surface area contributed by atoms with E-state index < -0.39 is 0 Å². The van der Waals surface area contributed by atoms with E-state index in [2.05, 4.69) is 42.3 Å². The van der Waals surface area contributed by atoms with Gasteiger partial charge >= 0.3 is 0 Å². The van der Waals surface area contributed by atoms with Crippen LogP contribution in [0.25, 0.3) is 0 Å². The number of carbonyl (C=O) groups is 1. The Hall–Kier alpha value is -2.73. The van der Waals surface area contributed by atoms with Crippen LogP contribution in [0.1, 0.15) is 29.7 Å². The number of rotatable bonds is 5. The molecule has 160 valence electrons. The van der Waals surface area contributed by atoms with Crippen molar-refractivity contribution in [2.24, 2.45) is 0 Å². The number of anilines is 1. The van der Waals surface area contributed by atoms with Crippen LogP contribution < -0.4 is 24.6 Å². The van der Waals surface area contributed by atoms with Crippen molar-refractivity contribution in [3.05, 3.63) is 53.1 Å². The summed E-state index contributed by atoms with van der Waals surface area (Å²) in [6, 6.07) is 12.3. The molecule has 0 bridgehead atoms. The van der Waals surface area contributed by atoms with Gasteiger partial charge in [-0.1, -0.05) is 18.2 Å². The van der Waals surface area contributed by atoms with Crippen LogP contribution in [0.3, 0.4) is 0 Å². The van der Waals surface area contributed by atoms with E-state index in [0.717, 1.165) is 43.2 Å². The van der Waals surface area contributed by atoms with Crippen LogP contribution in [0.4, 0.5) is 5.69 Å². The molecule has 6 nitrogen and oxygen atoms in total. The van der Waals surface area contributed by atoms with Crippen molar-refractivity contribution in [2.45, 2.75) is 26.8 Å². The number of ether oxygens (including phenoxy) is 2. The summed E-state index contributed by atoms with van der Waals surface area (Å²) in [6.07, 6.45) is 0. The molecule has 6 heteroatoms. The normalized spacial score (nSPS) is 17.5. The van der Waals surface area contributed by atoms with E-state index in [0.29, 0.717) is 19.8 Å². The molecule has 0 unspecified atom stereocenters. The second kappa shape index (κ2) is 8.96. The molecule has 0 saturated carbocycles. The number of aryl methyl sites for hydroxylation is 1. The minimum Gasteiger partial charge on any atom is -0.486 e. The first-order valence-corrected chi connectivity index (χ1v) is 10.8. The van der Waals surface area contributed by atoms with Crippen LogP contribution >= 0.6 is 0 Å². The van der Waals surface area contributed by atoms with Gasteiger partial charge < -0.3 is 24.6 Å². The number of fused-ring (bicyclic) bond motifs is 1. The Balaban J connectivity index is 1.28. The third kappa shape index (κ3) is 4.54. The van der Waals surface area contributed by atoms with E-state index in [1.54, 1.807) is 0 Å². The largest absolute Gasteiger partial charge is 0.486 e. The summed E-state index contributed by atoms with van der Waals surface area (Å²) >= 11 is 0. The molecule has 2 aliphatic heterocycles. The van der Waals surface area contributed by atoms with Crippen molar-refractivity contribution in [1.29, 1.82) is 0 Å². The molecule has 2 aromatic carbocycles. The van der Waals surface area contributed by atoms with E-state index in [1.165, 1.54) is 21.7 Å². The fourth-order valence-electron chi connectivity index (χ4n) is 4.25. The Kier molecular flexibility index (Phi) is 6.13. The number of hydrogen-bond acceptors (Lipinski definition) is 4. The minimum atomic E-state index is -0.0658. The molecule has 0 spiro atoms. The van der Waals surface area contributed by atoms with Gasteiger partial charge in [0, 0.05) is 5.69 Å². The monoisotopic (exact) mass is 410 g/mol. The molecule has 1 amide bonds. The van der Waals surface area contributed by atoms with E-state index in [9.17, 15) is 4.79 Å². The molecule has 1 fully saturated rings. The van der Waals surface area contributed by atoms with E-state index in [4.69, 9.17) is 9.47 Å². The predicted octanol–water partition coefficient (Wildman–Crippen LogP) is 1.66. The maximum atomic E-state index is 12.6. The lowest BCUT2D eigenvalue weighted by molar-refractivity contribution is -0.892. The maximum absolute atomic E-state index is 12.6. The zero-order valence-corrected chi connectivity index (χ0v) is 18.2.